The molecule has 0 aliphatic carbocycles. The van der Waals surface area contributed by atoms with Crippen LogP contribution in [0.3, 0.4) is 0 Å². The molecule has 2 aromatic rings. The van der Waals surface area contributed by atoms with Crippen LogP contribution in [0.15, 0.2) is 59.6 Å². The summed E-state index contributed by atoms with van der Waals surface area (Å²) in [5, 5.41) is 0.756. The summed E-state index contributed by atoms with van der Waals surface area (Å²) < 4.78 is 0. The first-order valence-electron chi connectivity index (χ1n) is 5.64. The summed E-state index contributed by atoms with van der Waals surface area (Å²) in [6.45, 7) is 0.812. The van der Waals surface area contributed by atoms with E-state index in [1.54, 1.807) is 0 Å². The Morgan fingerprint density at radius 3 is 2.35 bits per heavy atom. The number of aliphatic imine (C=N–C) groups is 1. The summed E-state index contributed by atoms with van der Waals surface area (Å²) in [6.07, 6.45) is 2.87. The lowest BCUT2D eigenvalue weighted by atomic mass is 10.1. The molecule has 2 heteroatoms. The van der Waals surface area contributed by atoms with Crippen molar-refractivity contribution in [3.63, 3.8) is 0 Å². The highest BCUT2D eigenvalue weighted by atomic mass is 35.5. The highest BCUT2D eigenvalue weighted by Crippen LogP contribution is 2.08. The van der Waals surface area contributed by atoms with Gasteiger partial charge in [-0.1, -0.05) is 54.1 Å². The largest absolute Gasteiger partial charge is 0.292 e. The fraction of sp³-hybridized carbons (Fsp3) is 0.133. The molecule has 0 saturated heterocycles. The fourth-order valence-electron chi connectivity index (χ4n) is 1.56. The Labute approximate surface area is 107 Å². The zero-order chi connectivity index (χ0) is 11.9. The van der Waals surface area contributed by atoms with Crippen molar-refractivity contribution in [2.45, 2.75) is 6.42 Å². The van der Waals surface area contributed by atoms with Crippen molar-refractivity contribution in [2.75, 3.05) is 6.54 Å². The van der Waals surface area contributed by atoms with E-state index in [0.29, 0.717) is 0 Å². The fourth-order valence-corrected chi connectivity index (χ4v) is 1.68. The SMILES string of the molecule is Clc1ccc(C=NCCc2ccccc2)cc1. The first-order chi connectivity index (χ1) is 8.34. The molecule has 0 unspecified atom stereocenters. The standard InChI is InChI=1S/C15H14ClN/c16-15-8-6-14(7-9-15)12-17-11-10-13-4-2-1-3-5-13/h1-9,12H,10-11H2. The summed E-state index contributed by atoms with van der Waals surface area (Å²) in [4.78, 5) is 4.40. The van der Waals surface area contributed by atoms with Gasteiger partial charge in [-0.3, -0.25) is 4.99 Å². The number of halogens is 1. The van der Waals surface area contributed by atoms with Gasteiger partial charge in [0.25, 0.3) is 0 Å². The van der Waals surface area contributed by atoms with Gasteiger partial charge in [-0.15, -0.1) is 0 Å². The number of hydrogen-bond acceptors (Lipinski definition) is 1. The van der Waals surface area contributed by atoms with Crippen LogP contribution in [0.2, 0.25) is 5.02 Å². The Kier molecular flexibility index (Phi) is 4.34. The van der Waals surface area contributed by atoms with E-state index in [9.17, 15) is 0 Å². The molecule has 0 radical (unpaired) electrons. The van der Waals surface area contributed by atoms with Crippen LogP contribution in [0, 0.1) is 0 Å². The lowest BCUT2D eigenvalue weighted by Crippen LogP contribution is -1.90. The molecule has 0 saturated carbocycles. The summed E-state index contributed by atoms with van der Waals surface area (Å²) >= 11 is 5.81. The molecule has 2 aromatic carbocycles. The van der Waals surface area contributed by atoms with Crippen LogP contribution in [0.4, 0.5) is 0 Å². The summed E-state index contributed by atoms with van der Waals surface area (Å²) in [6, 6.07) is 18.1. The molecular weight excluding hydrogens is 230 g/mol. The van der Waals surface area contributed by atoms with E-state index in [4.69, 9.17) is 11.6 Å². The quantitative estimate of drug-likeness (QED) is 0.720. The van der Waals surface area contributed by atoms with Crippen LogP contribution >= 0.6 is 11.6 Å². The lowest BCUT2D eigenvalue weighted by molar-refractivity contribution is 0.973. The van der Waals surface area contributed by atoms with E-state index in [-0.39, 0.29) is 0 Å². The monoisotopic (exact) mass is 243 g/mol. The Hall–Kier alpha value is -1.60. The van der Waals surface area contributed by atoms with Gasteiger partial charge in [-0.25, -0.2) is 0 Å². The highest BCUT2D eigenvalue weighted by Gasteiger charge is 1.90. The Bertz CT molecular complexity index is 474. The molecule has 0 N–H and O–H groups in total. The van der Waals surface area contributed by atoms with Gasteiger partial charge in [-0.2, -0.15) is 0 Å². The molecule has 0 bridgehead atoms. The van der Waals surface area contributed by atoms with Crippen LogP contribution < -0.4 is 0 Å². The van der Waals surface area contributed by atoms with Crippen LogP contribution in [-0.4, -0.2) is 12.8 Å². The summed E-state index contributed by atoms with van der Waals surface area (Å²) in [7, 11) is 0. The van der Waals surface area contributed by atoms with Crippen molar-refractivity contribution >= 4 is 17.8 Å². The van der Waals surface area contributed by atoms with Crippen LogP contribution in [0.1, 0.15) is 11.1 Å². The third kappa shape index (κ3) is 4.04. The highest BCUT2D eigenvalue weighted by molar-refractivity contribution is 6.30. The van der Waals surface area contributed by atoms with E-state index < -0.39 is 0 Å². The third-order valence-electron chi connectivity index (χ3n) is 2.48. The van der Waals surface area contributed by atoms with E-state index in [0.717, 1.165) is 23.6 Å². The molecule has 17 heavy (non-hydrogen) atoms. The second-order valence-corrected chi connectivity index (χ2v) is 4.26. The summed E-state index contributed by atoms with van der Waals surface area (Å²) in [5.41, 5.74) is 2.41. The van der Waals surface area contributed by atoms with E-state index in [2.05, 4.69) is 29.3 Å². The van der Waals surface area contributed by atoms with Crippen LogP contribution in [0.5, 0.6) is 0 Å². The Morgan fingerprint density at radius 2 is 1.65 bits per heavy atom. The van der Waals surface area contributed by atoms with Crippen LogP contribution in [-0.2, 0) is 6.42 Å². The smallest absolute Gasteiger partial charge is 0.0429 e. The van der Waals surface area contributed by atoms with E-state index in [1.165, 1.54) is 5.56 Å². The average molecular weight is 244 g/mol. The molecule has 0 fully saturated rings. The van der Waals surface area contributed by atoms with Gasteiger partial charge in [0.2, 0.25) is 0 Å². The first-order valence-corrected chi connectivity index (χ1v) is 6.02. The zero-order valence-electron chi connectivity index (χ0n) is 9.51. The molecule has 0 spiro atoms. The molecule has 0 aliphatic heterocycles. The van der Waals surface area contributed by atoms with Gasteiger partial charge < -0.3 is 0 Å². The van der Waals surface area contributed by atoms with Crippen molar-refractivity contribution in [3.05, 3.63) is 70.7 Å². The molecule has 86 valence electrons. The normalized spacial score (nSPS) is 10.9. The van der Waals surface area contributed by atoms with Crippen molar-refractivity contribution in [1.82, 2.24) is 0 Å². The maximum absolute atomic E-state index is 5.81. The summed E-state index contributed by atoms with van der Waals surface area (Å²) in [5.74, 6) is 0. The lowest BCUT2D eigenvalue weighted by Gasteiger charge is -1.97. The molecule has 1 nitrogen and oxygen atoms in total. The van der Waals surface area contributed by atoms with E-state index >= 15 is 0 Å². The molecule has 0 heterocycles. The molecule has 0 amide bonds. The molecule has 0 aliphatic rings. The number of nitrogens with zero attached hydrogens (tertiary/aromatic N) is 1. The third-order valence-corrected chi connectivity index (χ3v) is 2.73. The maximum atomic E-state index is 5.81. The minimum Gasteiger partial charge on any atom is -0.292 e. The number of hydrogen-bond donors (Lipinski definition) is 0. The average Bonchev–Trinajstić information content (AvgIpc) is 2.38. The van der Waals surface area contributed by atoms with Gasteiger partial charge >= 0.3 is 0 Å². The van der Waals surface area contributed by atoms with Gasteiger partial charge in [0.15, 0.2) is 0 Å². The van der Waals surface area contributed by atoms with Crippen molar-refractivity contribution in [2.24, 2.45) is 4.99 Å². The predicted octanol–water partition coefficient (Wildman–Crippen LogP) is 4.00. The molecule has 0 atom stereocenters. The van der Waals surface area contributed by atoms with Gasteiger partial charge in [0.1, 0.15) is 0 Å². The van der Waals surface area contributed by atoms with Gasteiger partial charge in [0.05, 0.1) is 0 Å². The Balaban J connectivity index is 1.84. The Morgan fingerprint density at radius 1 is 0.941 bits per heavy atom. The predicted molar refractivity (Wildman–Crippen MR) is 74.1 cm³/mol. The minimum atomic E-state index is 0.756. The zero-order valence-corrected chi connectivity index (χ0v) is 10.3. The van der Waals surface area contributed by atoms with Crippen molar-refractivity contribution in [1.29, 1.82) is 0 Å². The topological polar surface area (TPSA) is 12.4 Å². The second-order valence-electron chi connectivity index (χ2n) is 3.82. The van der Waals surface area contributed by atoms with Crippen LogP contribution in [0.25, 0.3) is 0 Å². The molecule has 2 rings (SSSR count). The van der Waals surface area contributed by atoms with Gasteiger partial charge in [-0.05, 0) is 29.7 Å². The number of rotatable bonds is 4. The first kappa shape index (κ1) is 11.9. The minimum absolute atomic E-state index is 0.756. The van der Waals surface area contributed by atoms with Crippen molar-refractivity contribution in [3.8, 4) is 0 Å². The molecular formula is C15H14ClN. The second kappa shape index (κ2) is 6.21. The van der Waals surface area contributed by atoms with Crippen molar-refractivity contribution < 1.29 is 0 Å². The van der Waals surface area contributed by atoms with E-state index in [1.807, 2.05) is 36.5 Å². The van der Waals surface area contributed by atoms with Gasteiger partial charge in [0, 0.05) is 17.8 Å². The number of benzene rings is 2. The molecule has 0 aromatic heterocycles. The maximum Gasteiger partial charge on any atom is 0.0429 e.